The van der Waals surface area contributed by atoms with Crippen molar-refractivity contribution in [2.75, 3.05) is 11.9 Å². The number of rotatable bonds is 6. The zero-order valence-electron chi connectivity index (χ0n) is 16.3. The van der Waals surface area contributed by atoms with Crippen LogP contribution in [0.2, 0.25) is 0 Å². The summed E-state index contributed by atoms with van der Waals surface area (Å²) in [5.74, 6) is 0.242. The Bertz CT molecular complexity index is 872. The molecule has 1 aliphatic rings. The van der Waals surface area contributed by atoms with Gasteiger partial charge in [0.1, 0.15) is 5.75 Å². The van der Waals surface area contributed by atoms with Crippen molar-refractivity contribution < 1.29 is 14.3 Å². The molecule has 3 rings (SSSR count). The fraction of sp³-hybridized carbons (Fsp3) is 0.364. The van der Waals surface area contributed by atoms with Crippen molar-refractivity contribution in [1.82, 2.24) is 5.32 Å². The van der Waals surface area contributed by atoms with Crippen molar-refractivity contribution in [3.8, 4) is 5.75 Å². The van der Waals surface area contributed by atoms with Gasteiger partial charge in [-0.05, 0) is 71.6 Å². The lowest BCUT2D eigenvalue weighted by Gasteiger charge is -2.22. The number of hydrogen-bond acceptors (Lipinski definition) is 3. The quantitative estimate of drug-likeness (QED) is 0.517. The van der Waals surface area contributed by atoms with E-state index in [0.717, 1.165) is 40.2 Å². The molecule has 0 spiro atoms. The number of amides is 2. The molecule has 2 aromatic carbocycles. The standard InChI is InChI=1S/C22H24Br2N2O3/c1-14-10-16(23)12-19(24)21(14)29-13-20(27)25-18-9-5-6-15(11-18)22(28)26-17-7-3-2-4-8-17/h5-6,9-12,17H,2-4,7-8,13H2,1H3,(H,25,27)(H,26,28). The molecule has 0 aliphatic heterocycles. The highest BCUT2D eigenvalue weighted by atomic mass is 79.9. The molecule has 0 atom stereocenters. The van der Waals surface area contributed by atoms with Gasteiger partial charge in [0.15, 0.2) is 6.61 Å². The molecule has 0 aromatic heterocycles. The van der Waals surface area contributed by atoms with Crippen LogP contribution in [0.4, 0.5) is 5.69 Å². The highest BCUT2D eigenvalue weighted by Crippen LogP contribution is 2.32. The van der Waals surface area contributed by atoms with E-state index in [4.69, 9.17) is 4.74 Å². The van der Waals surface area contributed by atoms with E-state index in [0.29, 0.717) is 17.0 Å². The normalized spacial score (nSPS) is 14.3. The maximum absolute atomic E-state index is 12.5. The molecule has 2 N–H and O–H groups in total. The third kappa shape index (κ3) is 6.31. The minimum absolute atomic E-state index is 0.0985. The molecule has 1 aliphatic carbocycles. The Kier molecular flexibility index (Phi) is 7.72. The van der Waals surface area contributed by atoms with Crippen LogP contribution in [0, 0.1) is 6.92 Å². The molecular weight excluding hydrogens is 500 g/mol. The van der Waals surface area contributed by atoms with Gasteiger partial charge < -0.3 is 15.4 Å². The first-order valence-corrected chi connectivity index (χ1v) is 11.3. The van der Waals surface area contributed by atoms with Gasteiger partial charge in [-0.2, -0.15) is 0 Å². The van der Waals surface area contributed by atoms with Crippen molar-refractivity contribution >= 4 is 49.4 Å². The number of benzene rings is 2. The number of nitrogens with one attached hydrogen (secondary N) is 2. The Hall–Kier alpha value is -1.86. The highest BCUT2D eigenvalue weighted by Gasteiger charge is 2.17. The first-order chi connectivity index (χ1) is 13.9. The van der Waals surface area contributed by atoms with E-state index >= 15 is 0 Å². The second-order valence-corrected chi connectivity index (χ2v) is 9.03. The van der Waals surface area contributed by atoms with Gasteiger partial charge in [-0.15, -0.1) is 0 Å². The van der Waals surface area contributed by atoms with Gasteiger partial charge >= 0.3 is 0 Å². The van der Waals surface area contributed by atoms with Crippen molar-refractivity contribution in [1.29, 1.82) is 0 Å². The smallest absolute Gasteiger partial charge is 0.262 e. The fourth-order valence-corrected chi connectivity index (χ4v) is 5.01. The average Bonchev–Trinajstić information content (AvgIpc) is 2.68. The van der Waals surface area contributed by atoms with Crippen LogP contribution in [-0.2, 0) is 4.79 Å². The lowest BCUT2D eigenvalue weighted by Crippen LogP contribution is -2.36. The van der Waals surface area contributed by atoms with Crippen LogP contribution in [0.15, 0.2) is 45.3 Å². The molecule has 2 aromatic rings. The van der Waals surface area contributed by atoms with E-state index in [9.17, 15) is 9.59 Å². The van der Waals surface area contributed by atoms with Crippen molar-refractivity contribution in [3.05, 3.63) is 56.5 Å². The Morgan fingerprint density at radius 1 is 1.10 bits per heavy atom. The number of halogens is 2. The third-order valence-electron chi connectivity index (χ3n) is 4.89. The topological polar surface area (TPSA) is 67.4 Å². The van der Waals surface area contributed by atoms with Crippen LogP contribution in [0.3, 0.4) is 0 Å². The van der Waals surface area contributed by atoms with Gasteiger partial charge in [0.25, 0.3) is 11.8 Å². The Balaban J connectivity index is 1.57. The molecule has 7 heteroatoms. The maximum Gasteiger partial charge on any atom is 0.262 e. The first-order valence-electron chi connectivity index (χ1n) is 9.71. The van der Waals surface area contributed by atoms with Gasteiger partial charge in [-0.25, -0.2) is 0 Å². The summed E-state index contributed by atoms with van der Waals surface area (Å²) >= 11 is 6.87. The number of ether oxygens (including phenoxy) is 1. The van der Waals surface area contributed by atoms with Crippen molar-refractivity contribution in [2.24, 2.45) is 0 Å². The lowest BCUT2D eigenvalue weighted by molar-refractivity contribution is -0.118. The monoisotopic (exact) mass is 522 g/mol. The van der Waals surface area contributed by atoms with Crippen LogP contribution >= 0.6 is 31.9 Å². The number of carbonyl (C=O) groups excluding carboxylic acids is 2. The summed E-state index contributed by atoms with van der Waals surface area (Å²) in [6, 6.07) is 11.0. The Morgan fingerprint density at radius 2 is 1.86 bits per heavy atom. The van der Waals surface area contributed by atoms with Gasteiger partial charge in [0.05, 0.1) is 4.47 Å². The van der Waals surface area contributed by atoms with E-state index in [-0.39, 0.29) is 24.5 Å². The number of aryl methyl sites for hydroxylation is 1. The number of hydrogen-bond donors (Lipinski definition) is 2. The van der Waals surface area contributed by atoms with Gasteiger partial charge in [0, 0.05) is 21.8 Å². The van der Waals surface area contributed by atoms with Crippen LogP contribution in [0.5, 0.6) is 5.75 Å². The van der Waals surface area contributed by atoms with E-state index in [1.807, 2.05) is 19.1 Å². The van der Waals surface area contributed by atoms with Crippen molar-refractivity contribution in [3.63, 3.8) is 0 Å². The molecule has 0 unspecified atom stereocenters. The largest absolute Gasteiger partial charge is 0.482 e. The molecule has 1 saturated carbocycles. The minimum atomic E-state index is -0.288. The van der Waals surface area contributed by atoms with Gasteiger partial charge in [0.2, 0.25) is 0 Å². The van der Waals surface area contributed by atoms with E-state index < -0.39 is 0 Å². The molecule has 5 nitrogen and oxygen atoms in total. The average molecular weight is 524 g/mol. The minimum Gasteiger partial charge on any atom is -0.482 e. The van der Waals surface area contributed by atoms with Crippen molar-refractivity contribution in [2.45, 2.75) is 45.1 Å². The van der Waals surface area contributed by atoms with Crippen LogP contribution in [0.25, 0.3) is 0 Å². The lowest BCUT2D eigenvalue weighted by atomic mass is 9.95. The zero-order chi connectivity index (χ0) is 20.8. The molecule has 0 heterocycles. The molecule has 0 saturated heterocycles. The Morgan fingerprint density at radius 3 is 2.59 bits per heavy atom. The first kappa shape index (κ1) is 21.8. The Labute approximate surface area is 187 Å². The predicted octanol–water partition coefficient (Wildman–Crippen LogP) is 5.60. The predicted molar refractivity (Wildman–Crippen MR) is 121 cm³/mol. The fourth-order valence-electron chi connectivity index (χ4n) is 3.46. The van der Waals surface area contributed by atoms with Crippen LogP contribution < -0.4 is 15.4 Å². The van der Waals surface area contributed by atoms with E-state index in [1.54, 1.807) is 24.3 Å². The molecule has 1 fully saturated rings. The maximum atomic E-state index is 12.5. The highest BCUT2D eigenvalue weighted by molar-refractivity contribution is 9.11. The summed E-state index contributed by atoms with van der Waals surface area (Å²) in [5.41, 5.74) is 2.03. The zero-order valence-corrected chi connectivity index (χ0v) is 19.4. The summed E-state index contributed by atoms with van der Waals surface area (Å²) in [5, 5.41) is 5.89. The van der Waals surface area contributed by atoms with Gasteiger partial charge in [-0.1, -0.05) is 41.3 Å². The molecular formula is C22H24Br2N2O3. The summed E-state index contributed by atoms with van der Waals surface area (Å²) < 4.78 is 7.38. The molecule has 2 amide bonds. The molecule has 0 bridgehead atoms. The summed E-state index contributed by atoms with van der Waals surface area (Å²) in [6.45, 7) is 1.79. The number of carbonyl (C=O) groups is 2. The second-order valence-electron chi connectivity index (χ2n) is 7.26. The number of anilines is 1. The summed E-state index contributed by atoms with van der Waals surface area (Å²) in [6.07, 6.45) is 5.63. The molecule has 154 valence electrons. The molecule has 0 radical (unpaired) electrons. The van der Waals surface area contributed by atoms with Crippen LogP contribution in [-0.4, -0.2) is 24.5 Å². The van der Waals surface area contributed by atoms with E-state index in [1.165, 1.54) is 6.42 Å². The third-order valence-corrected chi connectivity index (χ3v) is 5.94. The second kappa shape index (κ2) is 10.3. The van der Waals surface area contributed by atoms with Gasteiger partial charge in [-0.3, -0.25) is 9.59 Å². The summed E-state index contributed by atoms with van der Waals surface area (Å²) in [4.78, 5) is 24.8. The van der Waals surface area contributed by atoms with Crippen LogP contribution in [0.1, 0.15) is 48.0 Å². The summed E-state index contributed by atoms with van der Waals surface area (Å²) in [7, 11) is 0. The molecule has 29 heavy (non-hydrogen) atoms. The SMILES string of the molecule is Cc1cc(Br)cc(Br)c1OCC(=O)Nc1cccc(C(=O)NC2CCCCC2)c1. The van der Waals surface area contributed by atoms with E-state index in [2.05, 4.69) is 42.5 Å².